The van der Waals surface area contributed by atoms with Crippen LogP contribution in [-0.4, -0.2) is 22.8 Å². The van der Waals surface area contributed by atoms with Gasteiger partial charge in [0.25, 0.3) is 11.8 Å². The van der Waals surface area contributed by atoms with Crippen molar-refractivity contribution >= 4 is 17.8 Å². The Labute approximate surface area is 137 Å². The van der Waals surface area contributed by atoms with Crippen LogP contribution in [0.4, 0.5) is 0 Å². The number of fused-ring (bicyclic) bond motifs is 4. The molecule has 2 aromatic rings. The first-order chi connectivity index (χ1) is 11.7. The van der Waals surface area contributed by atoms with Crippen molar-refractivity contribution in [1.82, 2.24) is 5.06 Å². The van der Waals surface area contributed by atoms with E-state index in [1.54, 1.807) is 24.3 Å². The summed E-state index contributed by atoms with van der Waals surface area (Å²) in [7, 11) is 0. The minimum atomic E-state index is -0.574. The van der Waals surface area contributed by atoms with Crippen molar-refractivity contribution in [3.8, 4) is 0 Å². The molecule has 2 amide bonds. The maximum Gasteiger partial charge on any atom is 0.337 e. The summed E-state index contributed by atoms with van der Waals surface area (Å²) in [6.45, 7) is 0. The number of hydroxylamine groups is 2. The average Bonchev–Trinajstić information content (AvgIpc) is 3.12. The van der Waals surface area contributed by atoms with Crippen LogP contribution in [-0.2, 0) is 16.1 Å². The van der Waals surface area contributed by atoms with Crippen molar-refractivity contribution in [2.75, 3.05) is 0 Å². The van der Waals surface area contributed by atoms with E-state index in [9.17, 15) is 14.4 Å². The van der Waals surface area contributed by atoms with Gasteiger partial charge in [0.2, 0.25) is 0 Å². The lowest BCUT2D eigenvalue weighted by Crippen LogP contribution is -2.33. The molecule has 0 spiro atoms. The van der Waals surface area contributed by atoms with Gasteiger partial charge in [-0.25, -0.2) is 4.79 Å². The molecule has 1 heterocycles. The molecule has 1 fully saturated rings. The topological polar surface area (TPSA) is 63.7 Å². The molecule has 0 saturated heterocycles. The quantitative estimate of drug-likeness (QED) is 0.797. The molecule has 1 saturated carbocycles. The van der Waals surface area contributed by atoms with E-state index >= 15 is 0 Å². The summed E-state index contributed by atoms with van der Waals surface area (Å²) in [5.74, 6) is -1.52. The van der Waals surface area contributed by atoms with Gasteiger partial charge in [-0.1, -0.05) is 41.5 Å². The summed E-state index contributed by atoms with van der Waals surface area (Å²) < 4.78 is 0. The molecule has 2 aromatic carbocycles. The third-order valence-electron chi connectivity index (χ3n) is 5.25. The predicted octanol–water partition coefficient (Wildman–Crippen LogP) is 2.33. The zero-order valence-electron chi connectivity index (χ0n) is 12.6. The van der Waals surface area contributed by atoms with Crippen molar-refractivity contribution in [3.63, 3.8) is 0 Å². The van der Waals surface area contributed by atoms with Gasteiger partial charge in [0, 0.05) is 5.92 Å². The molecular formula is C19H13NO4. The van der Waals surface area contributed by atoms with Crippen LogP contribution in [0.2, 0.25) is 0 Å². The van der Waals surface area contributed by atoms with Crippen LogP contribution in [0, 0.1) is 11.8 Å². The second-order valence-electron chi connectivity index (χ2n) is 6.48. The van der Waals surface area contributed by atoms with Crippen molar-refractivity contribution < 1.29 is 19.2 Å². The van der Waals surface area contributed by atoms with Crippen LogP contribution in [0.5, 0.6) is 0 Å². The lowest BCUT2D eigenvalue weighted by Gasteiger charge is -2.14. The second-order valence-corrected chi connectivity index (χ2v) is 6.48. The molecule has 5 heteroatoms. The molecule has 118 valence electrons. The number of imide groups is 1. The molecule has 5 nitrogen and oxygen atoms in total. The largest absolute Gasteiger partial charge is 0.337 e. The highest BCUT2D eigenvalue weighted by Crippen LogP contribution is 2.61. The fourth-order valence-corrected chi connectivity index (χ4v) is 4.07. The van der Waals surface area contributed by atoms with Gasteiger partial charge < -0.3 is 4.84 Å². The summed E-state index contributed by atoms with van der Waals surface area (Å²) >= 11 is 0. The molecule has 3 aliphatic rings. The van der Waals surface area contributed by atoms with Gasteiger partial charge in [0.15, 0.2) is 0 Å². The van der Waals surface area contributed by atoms with E-state index in [4.69, 9.17) is 4.84 Å². The van der Waals surface area contributed by atoms with E-state index < -0.39 is 17.8 Å². The highest BCUT2D eigenvalue weighted by molar-refractivity contribution is 6.20. The van der Waals surface area contributed by atoms with Crippen molar-refractivity contribution in [3.05, 3.63) is 70.8 Å². The molecule has 0 radical (unpaired) electrons. The Bertz CT molecular complexity index is 884. The van der Waals surface area contributed by atoms with Gasteiger partial charge in [-0.2, -0.15) is 0 Å². The smallest absolute Gasteiger partial charge is 0.329 e. The Morgan fingerprint density at radius 3 is 2.29 bits per heavy atom. The first kappa shape index (κ1) is 13.5. The van der Waals surface area contributed by atoms with Crippen molar-refractivity contribution in [2.45, 2.75) is 12.3 Å². The van der Waals surface area contributed by atoms with E-state index in [2.05, 4.69) is 6.07 Å². The van der Waals surface area contributed by atoms with Gasteiger partial charge in [-0.3, -0.25) is 9.59 Å². The molecule has 24 heavy (non-hydrogen) atoms. The van der Waals surface area contributed by atoms with Gasteiger partial charge in [-0.15, -0.1) is 0 Å². The second kappa shape index (κ2) is 4.54. The summed E-state index contributed by atoms with van der Waals surface area (Å²) in [5, 5.41) is 0.604. The Kier molecular flexibility index (Phi) is 2.55. The van der Waals surface area contributed by atoms with Crippen LogP contribution in [0.15, 0.2) is 48.5 Å². The number of hydrogen-bond donors (Lipinski definition) is 0. The summed E-state index contributed by atoms with van der Waals surface area (Å²) in [4.78, 5) is 42.2. The highest BCUT2D eigenvalue weighted by atomic mass is 16.7. The third kappa shape index (κ3) is 1.67. The fourth-order valence-electron chi connectivity index (χ4n) is 4.07. The Balaban J connectivity index is 1.35. The molecule has 0 bridgehead atoms. The van der Waals surface area contributed by atoms with Crippen LogP contribution < -0.4 is 0 Å². The fraction of sp³-hybridized carbons (Fsp3) is 0.211. The Morgan fingerprint density at radius 1 is 0.958 bits per heavy atom. The zero-order valence-corrected chi connectivity index (χ0v) is 12.6. The van der Waals surface area contributed by atoms with Gasteiger partial charge in [-0.05, 0) is 35.6 Å². The van der Waals surface area contributed by atoms with Gasteiger partial charge >= 0.3 is 5.97 Å². The number of rotatable bonds is 2. The number of nitrogens with zero attached hydrogens (tertiary/aromatic N) is 1. The van der Waals surface area contributed by atoms with Crippen molar-refractivity contribution in [2.24, 2.45) is 11.8 Å². The summed E-state index contributed by atoms with van der Waals surface area (Å²) in [6.07, 6.45) is 0.850. The Morgan fingerprint density at radius 2 is 1.58 bits per heavy atom. The number of benzene rings is 2. The normalized spacial score (nSPS) is 26.0. The van der Waals surface area contributed by atoms with Crippen LogP contribution >= 0.6 is 0 Å². The summed E-state index contributed by atoms with van der Waals surface area (Å²) in [5.41, 5.74) is 3.01. The monoisotopic (exact) mass is 319 g/mol. The SMILES string of the molecule is O=C(ON1C(=O)c2ccccc2C1=O)C1C2Cc3ccccc3C21. The standard InChI is InChI=1S/C19H13NO4/c21-17-12-7-3-4-8-13(12)18(22)20(17)24-19(23)16-14-9-10-5-1-2-6-11(10)15(14)16/h1-8,14-16H,9H2. The predicted molar refractivity (Wildman–Crippen MR) is 82.9 cm³/mol. The van der Waals surface area contributed by atoms with E-state index in [1.807, 2.05) is 18.2 Å². The maximum atomic E-state index is 12.5. The Hall–Kier alpha value is -2.95. The van der Waals surface area contributed by atoms with Crippen LogP contribution in [0.1, 0.15) is 37.8 Å². The van der Waals surface area contributed by atoms with E-state index in [0.717, 1.165) is 6.42 Å². The molecule has 0 aromatic heterocycles. The molecule has 2 aliphatic carbocycles. The minimum absolute atomic E-state index is 0.156. The minimum Gasteiger partial charge on any atom is -0.329 e. The van der Waals surface area contributed by atoms with E-state index in [-0.39, 0.29) is 28.9 Å². The van der Waals surface area contributed by atoms with Crippen molar-refractivity contribution in [1.29, 1.82) is 0 Å². The average molecular weight is 319 g/mol. The first-order valence-electron chi connectivity index (χ1n) is 7.94. The maximum absolute atomic E-state index is 12.5. The van der Waals surface area contributed by atoms with Crippen LogP contribution in [0.3, 0.4) is 0 Å². The molecule has 3 unspecified atom stereocenters. The lowest BCUT2D eigenvalue weighted by molar-refractivity contribution is -0.170. The van der Waals surface area contributed by atoms with E-state index in [0.29, 0.717) is 5.06 Å². The molecule has 1 aliphatic heterocycles. The first-order valence-corrected chi connectivity index (χ1v) is 7.94. The van der Waals surface area contributed by atoms with E-state index in [1.165, 1.54) is 11.1 Å². The third-order valence-corrected chi connectivity index (χ3v) is 5.25. The number of carbonyl (C=O) groups is 3. The highest BCUT2D eigenvalue weighted by Gasteiger charge is 2.61. The molecular weight excluding hydrogens is 306 g/mol. The molecule has 0 N–H and O–H groups in total. The molecule has 3 atom stereocenters. The zero-order chi connectivity index (χ0) is 16.4. The molecule has 5 rings (SSSR count). The number of carbonyl (C=O) groups excluding carboxylic acids is 3. The van der Waals surface area contributed by atoms with Crippen LogP contribution in [0.25, 0.3) is 0 Å². The number of amides is 2. The summed E-state index contributed by atoms with van der Waals surface area (Å²) in [6, 6.07) is 14.6. The number of hydrogen-bond acceptors (Lipinski definition) is 4. The van der Waals surface area contributed by atoms with Gasteiger partial charge in [0.05, 0.1) is 17.0 Å². The lowest BCUT2D eigenvalue weighted by atomic mass is 10.0. The van der Waals surface area contributed by atoms with Gasteiger partial charge in [0.1, 0.15) is 0 Å².